The minimum atomic E-state index is -1.07. The molecule has 0 bridgehead atoms. The van der Waals surface area contributed by atoms with Crippen molar-refractivity contribution in [3.63, 3.8) is 0 Å². The molecule has 0 saturated carbocycles. The molecule has 0 aliphatic carbocycles. The van der Waals surface area contributed by atoms with Crippen LogP contribution < -0.4 is 5.32 Å². The van der Waals surface area contributed by atoms with Gasteiger partial charge in [-0.05, 0) is 60.4 Å². The van der Waals surface area contributed by atoms with Gasteiger partial charge < -0.3 is 9.15 Å². The second-order valence-corrected chi connectivity index (χ2v) is 4.97. The van der Waals surface area contributed by atoms with Gasteiger partial charge in [0.15, 0.2) is 10.2 Å². The van der Waals surface area contributed by atoms with Crippen LogP contribution in [0.2, 0.25) is 0 Å². The third kappa shape index (κ3) is 4.26. The van der Waals surface area contributed by atoms with Gasteiger partial charge in [-0.1, -0.05) is 5.11 Å². The predicted molar refractivity (Wildman–Crippen MR) is 77.0 cm³/mol. The number of hydrogen-bond donors (Lipinski definition) is 1. The third-order valence-corrected chi connectivity index (χ3v) is 3.15. The topological polar surface area (TPSA) is 100 Å². The van der Waals surface area contributed by atoms with Gasteiger partial charge in [-0.25, -0.2) is 4.79 Å². The van der Waals surface area contributed by atoms with Crippen molar-refractivity contribution in [1.29, 1.82) is 0 Å². The van der Waals surface area contributed by atoms with E-state index in [9.17, 15) is 4.79 Å². The number of azide groups is 1. The van der Waals surface area contributed by atoms with Gasteiger partial charge in [-0.3, -0.25) is 5.32 Å². The van der Waals surface area contributed by atoms with E-state index >= 15 is 0 Å². The fourth-order valence-electron chi connectivity index (χ4n) is 1.65. The smallest absolute Gasteiger partial charge is 0.333 e. The van der Waals surface area contributed by atoms with E-state index in [1.807, 2.05) is 0 Å². The normalized spacial score (nSPS) is 13.3. The molecule has 0 radical (unpaired) electrons. The van der Waals surface area contributed by atoms with E-state index in [1.54, 1.807) is 26.0 Å². The zero-order chi connectivity index (χ0) is 15.0. The molecule has 0 fully saturated rings. The monoisotopic (exact) mass is 344 g/mol. The summed E-state index contributed by atoms with van der Waals surface area (Å²) in [5.74, 6) is 0.0530. The summed E-state index contributed by atoms with van der Waals surface area (Å²) in [5.41, 5.74) is 7.14. The highest BCUT2D eigenvalue weighted by molar-refractivity contribution is 9.10. The number of esters is 1. The number of nitrogens with zero attached hydrogens (tertiary/aromatic N) is 3. The van der Waals surface area contributed by atoms with Gasteiger partial charge in [0.05, 0.1) is 6.61 Å². The van der Waals surface area contributed by atoms with Gasteiger partial charge >= 0.3 is 5.97 Å². The maximum atomic E-state index is 12.2. The third-order valence-electron chi connectivity index (χ3n) is 2.73. The minimum Gasteiger partial charge on any atom is -0.464 e. The molecule has 0 spiro atoms. The van der Waals surface area contributed by atoms with E-state index in [1.165, 1.54) is 0 Å². The maximum absolute atomic E-state index is 12.2. The van der Waals surface area contributed by atoms with Crippen LogP contribution >= 0.6 is 15.9 Å². The number of hydrogen-bond acceptors (Lipinski definition) is 5. The lowest BCUT2D eigenvalue weighted by molar-refractivity contribution is -0.151. The fraction of sp³-hybridized carbons (Fsp3) is 0.583. The van der Waals surface area contributed by atoms with Gasteiger partial charge in [0, 0.05) is 11.5 Å². The summed E-state index contributed by atoms with van der Waals surface area (Å²) in [6.07, 6.45) is 0.612. The zero-order valence-electron chi connectivity index (χ0n) is 11.4. The molecule has 0 aliphatic rings. The number of carbonyl (C=O) groups excluding carboxylic acids is 1. The Morgan fingerprint density at radius 3 is 2.95 bits per heavy atom. The Kier molecular flexibility index (Phi) is 6.57. The highest BCUT2D eigenvalue weighted by Gasteiger charge is 2.39. The van der Waals surface area contributed by atoms with Crippen LogP contribution in [0, 0.1) is 0 Å². The number of carbonyl (C=O) groups is 1. The Morgan fingerprint density at radius 1 is 1.65 bits per heavy atom. The predicted octanol–water partition coefficient (Wildman–Crippen LogP) is 3.11. The van der Waals surface area contributed by atoms with Crippen molar-refractivity contribution in [2.24, 2.45) is 5.11 Å². The van der Waals surface area contributed by atoms with Gasteiger partial charge in [-0.2, -0.15) is 0 Å². The van der Waals surface area contributed by atoms with E-state index in [-0.39, 0.29) is 6.61 Å². The van der Waals surface area contributed by atoms with Crippen LogP contribution in [0.4, 0.5) is 0 Å². The summed E-state index contributed by atoms with van der Waals surface area (Å²) in [5, 5.41) is 6.54. The van der Waals surface area contributed by atoms with Crippen molar-refractivity contribution in [2.75, 3.05) is 19.7 Å². The van der Waals surface area contributed by atoms with Crippen LogP contribution in [-0.2, 0) is 15.1 Å². The van der Waals surface area contributed by atoms with Crippen molar-refractivity contribution >= 4 is 21.9 Å². The second kappa shape index (κ2) is 7.94. The molecule has 8 heteroatoms. The van der Waals surface area contributed by atoms with Gasteiger partial charge in [0.2, 0.25) is 0 Å². The quantitative estimate of drug-likeness (QED) is 0.257. The molecule has 0 amide bonds. The largest absolute Gasteiger partial charge is 0.464 e. The summed E-state index contributed by atoms with van der Waals surface area (Å²) in [4.78, 5) is 14.8. The van der Waals surface area contributed by atoms with Crippen LogP contribution in [0.15, 0.2) is 26.3 Å². The highest BCUT2D eigenvalue weighted by atomic mass is 79.9. The first-order valence-electron chi connectivity index (χ1n) is 6.23. The number of nitrogens with one attached hydrogen (secondary N) is 1. The van der Waals surface area contributed by atoms with Crippen LogP contribution in [0.25, 0.3) is 10.4 Å². The molecule has 110 valence electrons. The molecule has 20 heavy (non-hydrogen) atoms. The van der Waals surface area contributed by atoms with Gasteiger partial charge in [0.1, 0.15) is 5.76 Å². The summed E-state index contributed by atoms with van der Waals surface area (Å²) in [6.45, 7) is 4.59. The molecule has 1 unspecified atom stereocenters. The van der Waals surface area contributed by atoms with Crippen molar-refractivity contribution in [1.82, 2.24) is 5.32 Å². The summed E-state index contributed by atoms with van der Waals surface area (Å²) >= 11 is 3.21. The van der Waals surface area contributed by atoms with E-state index in [0.29, 0.717) is 29.9 Å². The van der Waals surface area contributed by atoms with Crippen molar-refractivity contribution < 1.29 is 13.9 Å². The molecule has 1 N–H and O–H groups in total. The first-order chi connectivity index (χ1) is 9.54. The van der Waals surface area contributed by atoms with E-state index in [2.05, 4.69) is 31.3 Å². The Hall–Kier alpha value is -1.50. The Balaban J connectivity index is 2.79. The molecule has 1 atom stereocenters. The molecular formula is C12H17BrN4O3. The first-order valence-corrected chi connectivity index (χ1v) is 7.02. The molecule has 0 aliphatic heterocycles. The fourth-order valence-corrected chi connectivity index (χ4v) is 1.96. The molecule has 1 heterocycles. The number of furan rings is 1. The summed E-state index contributed by atoms with van der Waals surface area (Å²) < 4.78 is 11.1. The number of rotatable bonds is 8. The molecular weight excluding hydrogens is 328 g/mol. The SMILES string of the molecule is CCOC(=O)C(C)(NCCCN=[N+]=[N-])c1ccc(Br)o1. The van der Waals surface area contributed by atoms with E-state index in [4.69, 9.17) is 14.7 Å². The lowest BCUT2D eigenvalue weighted by Crippen LogP contribution is -2.48. The van der Waals surface area contributed by atoms with Gasteiger partial charge in [-0.15, -0.1) is 0 Å². The first kappa shape index (κ1) is 16.6. The van der Waals surface area contributed by atoms with Crippen LogP contribution in [0.3, 0.4) is 0 Å². The molecule has 0 aromatic carbocycles. The molecule has 1 rings (SSSR count). The standard InChI is InChI=1S/C12H17BrN4O3/c1-3-19-11(18)12(2,9-5-6-10(13)20-9)15-7-4-8-16-17-14/h5-6,15H,3-4,7-8H2,1-2H3. The number of halogens is 1. The number of ether oxygens (including phenoxy) is 1. The lowest BCUT2D eigenvalue weighted by atomic mass is 9.99. The minimum absolute atomic E-state index is 0.288. The van der Waals surface area contributed by atoms with Gasteiger partial charge in [0.25, 0.3) is 0 Å². The van der Waals surface area contributed by atoms with Crippen molar-refractivity contribution in [3.05, 3.63) is 33.0 Å². The lowest BCUT2D eigenvalue weighted by Gasteiger charge is -2.26. The van der Waals surface area contributed by atoms with E-state index in [0.717, 1.165) is 0 Å². The van der Waals surface area contributed by atoms with E-state index < -0.39 is 11.5 Å². The van der Waals surface area contributed by atoms with Crippen LogP contribution in [0.5, 0.6) is 0 Å². The summed E-state index contributed by atoms with van der Waals surface area (Å²) in [7, 11) is 0. The maximum Gasteiger partial charge on any atom is 0.333 e. The summed E-state index contributed by atoms with van der Waals surface area (Å²) in [6, 6.07) is 3.43. The second-order valence-electron chi connectivity index (χ2n) is 4.18. The molecule has 1 aromatic heterocycles. The highest BCUT2D eigenvalue weighted by Crippen LogP contribution is 2.27. The van der Waals surface area contributed by atoms with Crippen molar-refractivity contribution in [2.45, 2.75) is 25.8 Å². The van der Waals surface area contributed by atoms with Crippen LogP contribution in [0.1, 0.15) is 26.0 Å². The molecule has 1 aromatic rings. The van der Waals surface area contributed by atoms with Crippen molar-refractivity contribution in [3.8, 4) is 0 Å². The molecule has 7 nitrogen and oxygen atoms in total. The average Bonchev–Trinajstić information content (AvgIpc) is 2.85. The van der Waals surface area contributed by atoms with Crippen LogP contribution in [-0.4, -0.2) is 25.7 Å². The zero-order valence-corrected chi connectivity index (χ0v) is 13.0. The Morgan fingerprint density at radius 2 is 2.40 bits per heavy atom. The average molecular weight is 345 g/mol. The Labute approximate surface area is 125 Å². The Bertz CT molecular complexity index is 499. The molecule has 0 saturated heterocycles.